The van der Waals surface area contributed by atoms with E-state index in [0.29, 0.717) is 18.4 Å². The van der Waals surface area contributed by atoms with Crippen LogP contribution in [0.2, 0.25) is 0 Å². The van der Waals surface area contributed by atoms with Crippen molar-refractivity contribution in [2.75, 3.05) is 6.54 Å². The van der Waals surface area contributed by atoms with Crippen LogP contribution < -0.4 is 10.0 Å². The quantitative estimate of drug-likeness (QED) is 0.687. The molecule has 1 saturated carbocycles. The summed E-state index contributed by atoms with van der Waals surface area (Å²) in [5.41, 5.74) is -0.403. The number of carboxylic acids is 1. The average Bonchev–Trinajstić information content (AvgIpc) is 2.94. The van der Waals surface area contributed by atoms with Crippen LogP contribution in [0.3, 0.4) is 0 Å². The van der Waals surface area contributed by atoms with E-state index in [2.05, 4.69) is 10.0 Å². The summed E-state index contributed by atoms with van der Waals surface area (Å²) in [6, 6.07) is 5.60. The van der Waals surface area contributed by atoms with Crippen LogP contribution in [-0.2, 0) is 14.8 Å². The Kier molecular flexibility index (Phi) is 5.61. The molecule has 0 bridgehead atoms. The lowest BCUT2D eigenvalue weighted by Crippen LogP contribution is -2.47. The minimum absolute atomic E-state index is 0.0852. The van der Waals surface area contributed by atoms with Gasteiger partial charge < -0.3 is 10.4 Å². The summed E-state index contributed by atoms with van der Waals surface area (Å²) in [6.45, 7) is 1.96. The van der Waals surface area contributed by atoms with Crippen molar-refractivity contribution < 1.29 is 23.1 Å². The van der Waals surface area contributed by atoms with E-state index in [9.17, 15) is 18.0 Å². The van der Waals surface area contributed by atoms with Crippen molar-refractivity contribution in [3.8, 4) is 0 Å². The Balaban J connectivity index is 2.14. The summed E-state index contributed by atoms with van der Waals surface area (Å²) in [5.74, 6) is -1.32. The van der Waals surface area contributed by atoms with Crippen LogP contribution in [-0.4, -0.2) is 37.5 Å². The molecule has 3 N–H and O–H groups in total. The van der Waals surface area contributed by atoms with Crippen molar-refractivity contribution in [3.63, 3.8) is 0 Å². The zero-order valence-electron chi connectivity index (χ0n) is 13.5. The van der Waals surface area contributed by atoms with Crippen molar-refractivity contribution >= 4 is 21.9 Å². The van der Waals surface area contributed by atoms with Gasteiger partial charge >= 0.3 is 5.97 Å². The highest BCUT2D eigenvalue weighted by Crippen LogP contribution is 2.33. The van der Waals surface area contributed by atoms with Crippen molar-refractivity contribution in [2.24, 2.45) is 0 Å². The van der Waals surface area contributed by atoms with Crippen LogP contribution in [0.15, 0.2) is 29.2 Å². The number of nitrogens with one attached hydrogen (secondary N) is 2. The number of rotatable bonds is 7. The Morgan fingerprint density at radius 1 is 1.17 bits per heavy atom. The molecule has 1 aliphatic carbocycles. The van der Waals surface area contributed by atoms with Crippen molar-refractivity contribution in [1.82, 2.24) is 10.0 Å². The minimum atomic E-state index is -3.56. The highest BCUT2D eigenvalue weighted by Gasteiger charge is 2.37. The normalized spacial score (nSPS) is 16.7. The monoisotopic (exact) mass is 354 g/mol. The molecule has 8 heteroatoms. The van der Waals surface area contributed by atoms with Crippen LogP contribution in [0.4, 0.5) is 0 Å². The molecule has 0 aromatic heterocycles. The third-order valence-electron chi connectivity index (χ3n) is 4.19. The number of carbonyl (C=O) groups excluding carboxylic acids is 1. The molecule has 1 aromatic rings. The zero-order chi connectivity index (χ0) is 17.8. The summed E-state index contributed by atoms with van der Waals surface area (Å²) in [4.78, 5) is 23.6. The first kappa shape index (κ1) is 18.4. The molecule has 0 aliphatic heterocycles. The van der Waals surface area contributed by atoms with Gasteiger partial charge in [-0.3, -0.25) is 9.59 Å². The summed E-state index contributed by atoms with van der Waals surface area (Å²) in [7, 11) is -3.56. The van der Waals surface area contributed by atoms with E-state index in [0.717, 1.165) is 12.8 Å². The molecule has 0 heterocycles. The van der Waals surface area contributed by atoms with E-state index in [1.54, 1.807) is 6.92 Å². The van der Waals surface area contributed by atoms with Gasteiger partial charge in [-0.2, -0.15) is 0 Å². The Morgan fingerprint density at radius 2 is 1.75 bits per heavy atom. The first-order valence-corrected chi connectivity index (χ1v) is 9.40. The number of benzene rings is 1. The molecule has 132 valence electrons. The lowest BCUT2D eigenvalue weighted by molar-refractivity contribution is -0.138. The van der Waals surface area contributed by atoms with Crippen molar-refractivity contribution in [3.05, 3.63) is 29.8 Å². The Hall–Kier alpha value is -1.93. The molecule has 1 amide bonds. The molecule has 24 heavy (non-hydrogen) atoms. The molecule has 1 aromatic carbocycles. The summed E-state index contributed by atoms with van der Waals surface area (Å²) >= 11 is 0. The van der Waals surface area contributed by atoms with E-state index in [1.165, 1.54) is 24.3 Å². The van der Waals surface area contributed by atoms with Gasteiger partial charge in [-0.15, -0.1) is 0 Å². The molecule has 0 saturated heterocycles. The third-order valence-corrected chi connectivity index (χ3v) is 5.75. The maximum atomic E-state index is 12.4. The number of sulfonamides is 1. The van der Waals surface area contributed by atoms with E-state index >= 15 is 0 Å². The number of hydrogen-bond acceptors (Lipinski definition) is 4. The van der Waals surface area contributed by atoms with Crippen LogP contribution in [0.5, 0.6) is 0 Å². The van der Waals surface area contributed by atoms with Gasteiger partial charge in [-0.05, 0) is 37.1 Å². The molecule has 2 rings (SSSR count). The lowest BCUT2D eigenvalue weighted by Gasteiger charge is -2.28. The topological polar surface area (TPSA) is 113 Å². The second kappa shape index (κ2) is 7.31. The summed E-state index contributed by atoms with van der Waals surface area (Å²) in [5, 5.41) is 11.9. The van der Waals surface area contributed by atoms with E-state index in [1.807, 2.05) is 0 Å². The van der Waals surface area contributed by atoms with Crippen LogP contribution in [0.25, 0.3) is 0 Å². The predicted molar refractivity (Wildman–Crippen MR) is 88.2 cm³/mol. The van der Waals surface area contributed by atoms with E-state index in [4.69, 9.17) is 5.11 Å². The van der Waals surface area contributed by atoms with Crippen LogP contribution in [0, 0.1) is 0 Å². The fourth-order valence-corrected chi connectivity index (χ4v) is 4.10. The van der Waals surface area contributed by atoms with Crippen molar-refractivity contribution in [1.29, 1.82) is 0 Å². The third kappa shape index (κ3) is 4.33. The number of aliphatic carboxylic acids is 1. The molecule has 0 atom stereocenters. The number of amides is 1. The minimum Gasteiger partial charge on any atom is -0.481 e. The highest BCUT2D eigenvalue weighted by atomic mass is 32.2. The molecule has 1 aliphatic rings. The fraction of sp³-hybridized carbons (Fsp3) is 0.500. The molecular formula is C16H22N2O5S. The van der Waals surface area contributed by atoms with Gasteiger partial charge in [0.2, 0.25) is 10.0 Å². The maximum Gasteiger partial charge on any atom is 0.305 e. The lowest BCUT2D eigenvalue weighted by atomic mass is 9.92. The van der Waals surface area contributed by atoms with Gasteiger partial charge in [0.15, 0.2) is 0 Å². The average molecular weight is 354 g/mol. The van der Waals surface area contributed by atoms with Gasteiger partial charge in [0.05, 0.1) is 16.9 Å². The SMILES string of the molecule is CCNS(=O)(=O)c1ccc(C(=O)NC2(CC(=O)O)CCCC2)cc1. The number of hydrogen-bond donors (Lipinski definition) is 3. The molecule has 1 fully saturated rings. The largest absolute Gasteiger partial charge is 0.481 e. The standard InChI is InChI=1S/C16H22N2O5S/c1-2-17-24(22,23)13-7-5-12(6-8-13)15(21)18-16(11-14(19)20)9-3-4-10-16/h5-8,17H,2-4,9-11H2,1H3,(H,18,21)(H,19,20). The highest BCUT2D eigenvalue weighted by molar-refractivity contribution is 7.89. The Bertz CT molecular complexity index is 706. The zero-order valence-corrected chi connectivity index (χ0v) is 14.4. The fourth-order valence-electron chi connectivity index (χ4n) is 3.06. The first-order chi connectivity index (χ1) is 11.3. The molecular weight excluding hydrogens is 332 g/mol. The second-order valence-electron chi connectivity index (χ2n) is 6.04. The van der Waals surface area contributed by atoms with Crippen LogP contribution in [0.1, 0.15) is 49.4 Å². The van der Waals surface area contributed by atoms with Gasteiger partial charge in [-0.25, -0.2) is 13.1 Å². The van der Waals surface area contributed by atoms with Crippen LogP contribution >= 0.6 is 0 Å². The summed E-state index contributed by atoms with van der Waals surface area (Å²) in [6.07, 6.45) is 2.93. The molecule has 0 spiro atoms. The predicted octanol–water partition coefficient (Wildman–Crippen LogP) is 1.50. The first-order valence-electron chi connectivity index (χ1n) is 7.92. The maximum absolute atomic E-state index is 12.4. The molecule has 7 nitrogen and oxygen atoms in total. The Labute approximate surface area is 141 Å². The Morgan fingerprint density at radius 3 is 2.25 bits per heavy atom. The molecule has 0 unspecified atom stereocenters. The second-order valence-corrected chi connectivity index (χ2v) is 7.80. The summed E-state index contributed by atoms with van der Waals surface area (Å²) < 4.78 is 26.2. The van der Waals surface area contributed by atoms with Gasteiger partial charge in [0.1, 0.15) is 0 Å². The van der Waals surface area contributed by atoms with Gasteiger partial charge in [0.25, 0.3) is 5.91 Å². The van der Waals surface area contributed by atoms with Gasteiger partial charge in [-0.1, -0.05) is 19.8 Å². The number of carboxylic acid groups (broad SMARTS) is 1. The van der Waals surface area contributed by atoms with Gasteiger partial charge in [0, 0.05) is 12.1 Å². The van der Waals surface area contributed by atoms with E-state index < -0.39 is 21.5 Å². The molecule has 0 radical (unpaired) electrons. The number of carbonyl (C=O) groups is 2. The smallest absolute Gasteiger partial charge is 0.305 e. The van der Waals surface area contributed by atoms with E-state index in [-0.39, 0.29) is 23.8 Å². The van der Waals surface area contributed by atoms with Crippen molar-refractivity contribution in [2.45, 2.75) is 49.5 Å².